The van der Waals surface area contributed by atoms with Crippen LogP contribution in [0.2, 0.25) is 5.02 Å². The topological polar surface area (TPSA) is 76.7 Å². The van der Waals surface area contributed by atoms with E-state index in [-0.39, 0.29) is 37.1 Å². The van der Waals surface area contributed by atoms with Gasteiger partial charge in [-0.3, -0.25) is 9.59 Å². The summed E-state index contributed by atoms with van der Waals surface area (Å²) in [7, 11) is 0. The molecule has 0 atom stereocenters. The molecule has 0 heterocycles. The van der Waals surface area contributed by atoms with E-state index in [1.165, 1.54) is 0 Å². The van der Waals surface area contributed by atoms with Crippen molar-refractivity contribution in [2.45, 2.75) is 37.8 Å². The molecule has 3 rings (SSSR count). The van der Waals surface area contributed by atoms with E-state index in [0.29, 0.717) is 16.5 Å². The lowest BCUT2D eigenvalue weighted by molar-refractivity contribution is -0.125. The number of hydrogen-bond donors (Lipinski definition) is 2. The third kappa shape index (κ3) is 7.31. The van der Waals surface area contributed by atoms with Crippen LogP contribution >= 0.6 is 11.6 Å². The molecule has 0 aromatic heterocycles. The molecule has 0 aliphatic heterocycles. The summed E-state index contributed by atoms with van der Waals surface area (Å²) in [5.41, 5.74) is 0. The third-order valence-corrected chi connectivity index (χ3v) is 5.01. The molecule has 0 spiro atoms. The van der Waals surface area contributed by atoms with Gasteiger partial charge >= 0.3 is 0 Å². The molecule has 0 bridgehead atoms. The Labute approximate surface area is 175 Å². The normalized spacial score (nSPS) is 18.5. The van der Waals surface area contributed by atoms with Crippen LogP contribution in [0.15, 0.2) is 54.6 Å². The predicted molar refractivity (Wildman–Crippen MR) is 111 cm³/mol. The lowest BCUT2D eigenvalue weighted by Gasteiger charge is -2.29. The van der Waals surface area contributed by atoms with Crippen LogP contribution in [-0.4, -0.2) is 37.1 Å². The van der Waals surface area contributed by atoms with Gasteiger partial charge in [-0.2, -0.15) is 0 Å². The fourth-order valence-corrected chi connectivity index (χ4v) is 3.39. The minimum atomic E-state index is -0.149. The molecule has 0 unspecified atom stereocenters. The van der Waals surface area contributed by atoms with E-state index in [2.05, 4.69) is 10.6 Å². The molecule has 1 fully saturated rings. The highest BCUT2D eigenvalue weighted by Crippen LogP contribution is 2.19. The first kappa shape index (κ1) is 21.0. The van der Waals surface area contributed by atoms with E-state index >= 15 is 0 Å². The molecule has 1 saturated carbocycles. The van der Waals surface area contributed by atoms with Crippen LogP contribution in [0.3, 0.4) is 0 Å². The van der Waals surface area contributed by atoms with Crippen molar-refractivity contribution in [1.29, 1.82) is 0 Å². The second-order valence-electron chi connectivity index (χ2n) is 7.03. The number of carbonyl (C=O) groups is 2. The maximum Gasteiger partial charge on any atom is 0.258 e. The van der Waals surface area contributed by atoms with Gasteiger partial charge in [0.05, 0.1) is 0 Å². The molecule has 154 valence electrons. The van der Waals surface area contributed by atoms with Crippen molar-refractivity contribution in [1.82, 2.24) is 10.6 Å². The van der Waals surface area contributed by atoms with E-state index in [9.17, 15) is 9.59 Å². The van der Waals surface area contributed by atoms with Gasteiger partial charge in [-0.05, 0) is 62.1 Å². The predicted octanol–water partition coefficient (Wildman–Crippen LogP) is 3.34. The Morgan fingerprint density at radius 3 is 1.69 bits per heavy atom. The molecule has 2 N–H and O–H groups in total. The largest absolute Gasteiger partial charge is 0.484 e. The van der Waals surface area contributed by atoms with Gasteiger partial charge in [0.2, 0.25) is 0 Å². The van der Waals surface area contributed by atoms with Crippen molar-refractivity contribution in [2.75, 3.05) is 13.2 Å². The first-order valence-corrected chi connectivity index (χ1v) is 10.1. The lowest BCUT2D eigenvalue weighted by atomic mass is 9.91. The highest BCUT2D eigenvalue weighted by atomic mass is 35.5. The van der Waals surface area contributed by atoms with E-state index in [0.717, 1.165) is 25.7 Å². The van der Waals surface area contributed by atoms with E-state index in [1.54, 1.807) is 24.3 Å². The molecule has 6 nitrogen and oxygen atoms in total. The first-order valence-electron chi connectivity index (χ1n) is 9.73. The summed E-state index contributed by atoms with van der Waals surface area (Å²) < 4.78 is 10.9. The summed E-state index contributed by atoms with van der Waals surface area (Å²) in [6, 6.07) is 16.4. The van der Waals surface area contributed by atoms with Crippen molar-refractivity contribution in [2.24, 2.45) is 0 Å². The molecule has 0 saturated heterocycles. The Morgan fingerprint density at radius 1 is 0.759 bits per heavy atom. The number of hydrogen-bond acceptors (Lipinski definition) is 4. The molecule has 2 aromatic rings. The monoisotopic (exact) mass is 416 g/mol. The van der Waals surface area contributed by atoms with Gasteiger partial charge in [-0.25, -0.2) is 0 Å². The standard InChI is InChI=1S/C22H25ClN2O4/c23-16-6-12-20(13-7-16)29-15-22(27)25-18-10-8-17(9-11-18)24-21(26)14-28-19-4-2-1-3-5-19/h1-7,12-13,17-18H,8-11,14-15H2,(H,24,26)(H,25,27). The zero-order valence-electron chi connectivity index (χ0n) is 16.1. The summed E-state index contributed by atoms with van der Waals surface area (Å²) >= 11 is 5.82. The van der Waals surface area contributed by atoms with Crippen LogP contribution in [0.1, 0.15) is 25.7 Å². The Morgan fingerprint density at radius 2 is 1.21 bits per heavy atom. The quantitative estimate of drug-likeness (QED) is 0.692. The van der Waals surface area contributed by atoms with Crippen LogP contribution < -0.4 is 20.1 Å². The molecular formula is C22H25ClN2O4. The van der Waals surface area contributed by atoms with Crippen molar-refractivity contribution in [3.8, 4) is 11.5 Å². The molecule has 1 aliphatic carbocycles. The molecule has 1 aliphatic rings. The summed E-state index contributed by atoms with van der Waals surface area (Å²) in [6.07, 6.45) is 3.27. The smallest absolute Gasteiger partial charge is 0.258 e. The minimum Gasteiger partial charge on any atom is -0.484 e. The number of amides is 2. The second kappa shape index (κ2) is 10.7. The maximum atomic E-state index is 12.1. The summed E-state index contributed by atoms with van der Waals surface area (Å²) in [5.74, 6) is 1.00. The minimum absolute atomic E-state index is 0.00269. The van der Waals surface area contributed by atoms with Crippen LogP contribution in [-0.2, 0) is 9.59 Å². The highest BCUT2D eigenvalue weighted by Gasteiger charge is 2.23. The molecular weight excluding hydrogens is 392 g/mol. The molecule has 2 amide bonds. The Balaban J connectivity index is 1.30. The Hall–Kier alpha value is -2.73. The SMILES string of the molecule is O=C(COc1ccccc1)NC1CCC(NC(=O)COc2ccc(Cl)cc2)CC1. The number of benzene rings is 2. The van der Waals surface area contributed by atoms with Crippen molar-refractivity contribution in [3.05, 3.63) is 59.6 Å². The maximum absolute atomic E-state index is 12.1. The van der Waals surface area contributed by atoms with Gasteiger partial charge in [-0.15, -0.1) is 0 Å². The van der Waals surface area contributed by atoms with E-state index in [1.807, 2.05) is 30.3 Å². The van der Waals surface area contributed by atoms with Crippen LogP contribution in [0.5, 0.6) is 11.5 Å². The summed E-state index contributed by atoms with van der Waals surface area (Å²) in [4.78, 5) is 24.1. The van der Waals surface area contributed by atoms with Crippen LogP contribution in [0.25, 0.3) is 0 Å². The number of para-hydroxylation sites is 1. The van der Waals surface area contributed by atoms with Gasteiger partial charge in [0.1, 0.15) is 11.5 Å². The first-order chi connectivity index (χ1) is 14.1. The molecule has 2 aromatic carbocycles. The van der Waals surface area contributed by atoms with Gasteiger partial charge in [0.25, 0.3) is 11.8 Å². The third-order valence-electron chi connectivity index (χ3n) is 4.75. The molecule has 29 heavy (non-hydrogen) atoms. The fourth-order valence-electron chi connectivity index (χ4n) is 3.27. The zero-order valence-corrected chi connectivity index (χ0v) is 16.9. The summed E-state index contributed by atoms with van der Waals surface area (Å²) in [5, 5.41) is 6.62. The molecule has 7 heteroatoms. The lowest BCUT2D eigenvalue weighted by Crippen LogP contribution is -2.45. The highest BCUT2D eigenvalue weighted by molar-refractivity contribution is 6.30. The second-order valence-corrected chi connectivity index (χ2v) is 7.46. The Kier molecular flexibility index (Phi) is 7.76. The number of nitrogens with one attached hydrogen (secondary N) is 2. The van der Waals surface area contributed by atoms with Gasteiger partial charge in [0, 0.05) is 17.1 Å². The fraction of sp³-hybridized carbons (Fsp3) is 0.364. The van der Waals surface area contributed by atoms with Crippen LogP contribution in [0.4, 0.5) is 0 Å². The van der Waals surface area contributed by atoms with Crippen molar-refractivity contribution in [3.63, 3.8) is 0 Å². The van der Waals surface area contributed by atoms with E-state index in [4.69, 9.17) is 21.1 Å². The molecule has 0 radical (unpaired) electrons. The van der Waals surface area contributed by atoms with Gasteiger partial charge in [-0.1, -0.05) is 29.8 Å². The van der Waals surface area contributed by atoms with Crippen molar-refractivity contribution >= 4 is 23.4 Å². The van der Waals surface area contributed by atoms with Crippen LogP contribution in [0, 0.1) is 0 Å². The summed E-state index contributed by atoms with van der Waals surface area (Å²) in [6.45, 7) is -0.0299. The van der Waals surface area contributed by atoms with Gasteiger partial charge < -0.3 is 20.1 Å². The zero-order chi connectivity index (χ0) is 20.5. The average Bonchev–Trinajstić information content (AvgIpc) is 2.74. The number of carbonyl (C=O) groups excluding carboxylic acids is 2. The van der Waals surface area contributed by atoms with E-state index < -0.39 is 0 Å². The average molecular weight is 417 g/mol. The Bertz CT molecular complexity index is 790. The number of rotatable bonds is 8. The number of halogens is 1. The van der Waals surface area contributed by atoms with Gasteiger partial charge in [0.15, 0.2) is 13.2 Å². The number of ether oxygens (including phenoxy) is 2. The van der Waals surface area contributed by atoms with Crippen molar-refractivity contribution < 1.29 is 19.1 Å².